The maximum absolute atomic E-state index is 12.7. The van der Waals surface area contributed by atoms with Crippen molar-refractivity contribution >= 4 is 31.0 Å². The summed E-state index contributed by atoms with van der Waals surface area (Å²) >= 11 is 8.46. The molecule has 2 fully saturated rings. The predicted octanol–water partition coefficient (Wildman–Crippen LogP) is 5.77. The first kappa shape index (κ1) is 29.9. The summed E-state index contributed by atoms with van der Waals surface area (Å²) in [6.45, 7) is 11.1. The highest BCUT2D eigenvalue weighted by Crippen LogP contribution is 2.55. The lowest BCUT2D eigenvalue weighted by Gasteiger charge is -2.39. The van der Waals surface area contributed by atoms with E-state index >= 15 is 0 Å². The molecular formula is C28H41NO4S2. The minimum atomic E-state index is -0.553. The highest BCUT2D eigenvalue weighted by atomic mass is 32.1. The Kier molecular flexibility index (Phi) is 10.5. The second kappa shape index (κ2) is 12.3. The van der Waals surface area contributed by atoms with Gasteiger partial charge in [0, 0.05) is 42.8 Å². The van der Waals surface area contributed by atoms with Crippen molar-refractivity contribution in [3.63, 3.8) is 0 Å². The number of carbonyl (C=O) groups is 1. The number of hydrogen-bond donors (Lipinski definition) is 2. The van der Waals surface area contributed by atoms with Gasteiger partial charge in [-0.1, -0.05) is 56.0 Å². The van der Waals surface area contributed by atoms with E-state index in [2.05, 4.69) is 42.3 Å². The van der Waals surface area contributed by atoms with Gasteiger partial charge in [-0.15, -0.1) is 0 Å². The van der Waals surface area contributed by atoms with Crippen LogP contribution in [0.15, 0.2) is 48.5 Å². The maximum atomic E-state index is 12.7. The first-order valence-corrected chi connectivity index (χ1v) is 12.9. The van der Waals surface area contributed by atoms with Crippen LogP contribution in [0.1, 0.15) is 62.2 Å². The Morgan fingerprint density at radius 2 is 1.43 bits per heavy atom. The first-order chi connectivity index (χ1) is 16.1. The Morgan fingerprint density at radius 3 is 1.83 bits per heavy atom. The van der Waals surface area contributed by atoms with E-state index in [0.29, 0.717) is 19.0 Å². The zero-order chi connectivity index (χ0) is 25.0. The Bertz CT molecular complexity index is 954. The molecule has 194 valence electrons. The SMILES string of the molecule is C.CC(C)(C(=O)c1ccc(CS)cc1)N1CCOCC1.COC1(c2ccc(CS)cc2)OC1(C)C. The van der Waals surface area contributed by atoms with E-state index in [0.717, 1.165) is 35.5 Å². The lowest BCUT2D eigenvalue weighted by molar-refractivity contribution is -0.0147. The van der Waals surface area contributed by atoms with Crippen molar-refractivity contribution in [3.05, 3.63) is 70.8 Å². The molecule has 0 radical (unpaired) electrons. The van der Waals surface area contributed by atoms with E-state index in [4.69, 9.17) is 14.2 Å². The molecule has 0 amide bonds. The van der Waals surface area contributed by atoms with Gasteiger partial charge in [-0.25, -0.2) is 0 Å². The number of morpholine rings is 1. The van der Waals surface area contributed by atoms with E-state index < -0.39 is 11.3 Å². The van der Waals surface area contributed by atoms with Crippen LogP contribution in [-0.2, 0) is 31.5 Å². The van der Waals surface area contributed by atoms with Gasteiger partial charge in [-0.3, -0.25) is 9.69 Å². The van der Waals surface area contributed by atoms with Crippen molar-refractivity contribution in [1.29, 1.82) is 0 Å². The number of ketones is 1. The van der Waals surface area contributed by atoms with Crippen molar-refractivity contribution in [2.24, 2.45) is 0 Å². The number of hydrogen-bond acceptors (Lipinski definition) is 7. The highest BCUT2D eigenvalue weighted by molar-refractivity contribution is 7.79. The van der Waals surface area contributed by atoms with Gasteiger partial charge in [0.2, 0.25) is 5.79 Å². The Morgan fingerprint density at radius 1 is 0.971 bits per heavy atom. The van der Waals surface area contributed by atoms with E-state index in [1.165, 1.54) is 5.56 Å². The van der Waals surface area contributed by atoms with E-state index in [-0.39, 0.29) is 18.8 Å². The van der Waals surface area contributed by atoms with Crippen molar-refractivity contribution in [2.45, 2.75) is 63.6 Å². The van der Waals surface area contributed by atoms with Gasteiger partial charge in [0.15, 0.2) is 5.78 Å². The Balaban J connectivity index is 0.000000246. The smallest absolute Gasteiger partial charge is 0.225 e. The first-order valence-electron chi connectivity index (χ1n) is 11.6. The molecule has 0 aromatic heterocycles. The van der Waals surface area contributed by atoms with Gasteiger partial charge in [-0.2, -0.15) is 25.3 Å². The average molecular weight is 520 g/mol. The lowest BCUT2D eigenvalue weighted by atomic mass is 9.90. The lowest BCUT2D eigenvalue weighted by Crippen LogP contribution is -2.54. The zero-order valence-corrected chi connectivity index (χ0v) is 22.6. The molecule has 2 aliphatic heterocycles. The highest BCUT2D eigenvalue weighted by Gasteiger charge is 2.66. The van der Waals surface area contributed by atoms with Crippen molar-refractivity contribution in [3.8, 4) is 0 Å². The summed E-state index contributed by atoms with van der Waals surface area (Å²) in [5.41, 5.74) is 3.45. The van der Waals surface area contributed by atoms with Crippen LogP contribution >= 0.6 is 25.3 Å². The van der Waals surface area contributed by atoms with Crippen molar-refractivity contribution in [1.82, 2.24) is 4.90 Å². The molecule has 0 N–H and O–H groups in total. The second-order valence-corrected chi connectivity index (χ2v) is 10.3. The van der Waals surface area contributed by atoms with Crippen LogP contribution in [0.25, 0.3) is 0 Å². The molecule has 35 heavy (non-hydrogen) atoms. The number of methoxy groups -OCH3 is 1. The molecule has 4 rings (SSSR count). The van der Waals surface area contributed by atoms with Gasteiger partial charge in [-0.05, 0) is 38.8 Å². The third-order valence-corrected chi connectivity index (χ3v) is 7.44. The number of carbonyl (C=O) groups excluding carboxylic acids is 1. The summed E-state index contributed by atoms with van der Waals surface area (Å²) in [5.74, 6) is 1.06. The maximum Gasteiger partial charge on any atom is 0.225 e. The molecule has 0 spiro atoms. The normalized spacial score (nSPS) is 21.3. The number of ether oxygens (including phenoxy) is 3. The van der Waals surface area contributed by atoms with Crippen LogP contribution in [0.5, 0.6) is 0 Å². The third kappa shape index (κ3) is 6.51. The van der Waals surface area contributed by atoms with Crippen molar-refractivity contribution in [2.75, 3.05) is 33.4 Å². The van der Waals surface area contributed by atoms with Crippen LogP contribution < -0.4 is 0 Å². The number of epoxide rings is 1. The topological polar surface area (TPSA) is 51.3 Å². The molecule has 2 saturated heterocycles. The number of Topliss-reactive ketones (excluding diaryl/α,β-unsaturated/α-hetero) is 1. The monoisotopic (exact) mass is 519 g/mol. The molecule has 2 aliphatic rings. The molecule has 5 nitrogen and oxygen atoms in total. The fourth-order valence-corrected chi connectivity index (χ4v) is 4.78. The summed E-state index contributed by atoms with van der Waals surface area (Å²) in [6, 6.07) is 15.9. The summed E-state index contributed by atoms with van der Waals surface area (Å²) in [4.78, 5) is 14.9. The van der Waals surface area contributed by atoms with Crippen LogP contribution in [0.3, 0.4) is 0 Å². The van der Waals surface area contributed by atoms with E-state index in [9.17, 15) is 4.79 Å². The molecule has 7 heteroatoms. The minimum Gasteiger partial charge on any atom is -0.379 e. The third-order valence-electron chi connectivity index (χ3n) is 6.71. The van der Waals surface area contributed by atoms with E-state index in [1.807, 2.05) is 64.1 Å². The zero-order valence-electron chi connectivity index (χ0n) is 20.8. The molecule has 0 aliphatic carbocycles. The molecule has 2 aromatic carbocycles. The average Bonchev–Trinajstić information content (AvgIpc) is 3.46. The van der Waals surface area contributed by atoms with E-state index in [1.54, 1.807) is 7.11 Å². The Hall–Kier alpha value is -1.35. The number of rotatable bonds is 7. The van der Waals surface area contributed by atoms with Gasteiger partial charge >= 0.3 is 0 Å². The summed E-state index contributed by atoms with van der Waals surface area (Å²) in [5, 5.41) is 0. The largest absolute Gasteiger partial charge is 0.379 e. The molecule has 2 heterocycles. The Labute approximate surface area is 222 Å². The van der Waals surface area contributed by atoms with Crippen LogP contribution in [0.2, 0.25) is 0 Å². The predicted molar refractivity (Wildman–Crippen MR) is 150 cm³/mol. The molecule has 1 unspecified atom stereocenters. The van der Waals surface area contributed by atoms with Crippen molar-refractivity contribution < 1.29 is 19.0 Å². The van der Waals surface area contributed by atoms with Gasteiger partial charge < -0.3 is 14.2 Å². The molecule has 1 atom stereocenters. The molecule has 0 bridgehead atoms. The fraction of sp³-hybridized carbons (Fsp3) is 0.536. The number of benzene rings is 2. The van der Waals surface area contributed by atoms with Gasteiger partial charge in [0.05, 0.1) is 18.8 Å². The second-order valence-electron chi connectivity index (χ2n) is 9.63. The standard InChI is InChI=1S/C15H21NO2S.C12H16O2S.CH4/c1-15(2,16-7-9-18-10-8-16)14(17)13-5-3-12(11-19)4-6-13;1-11(2)12(13-3,14-11)10-6-4-9(8-15)5-7-10;/h3-6,19H,7-11H2,1-2H3;4-7,15H,8H2,1-3H3;1H4. The van der Waals surface area contributed by atoms with Gasteiger partial charge in [0.25, 0.3) is 0 Å². The quantitative estimate of drug-likeness (QED) is 0.276. The van der Waals surface area contributed by atoms with Crippen LogP contribution in [0.4, 0.5) is 0 Å². The molecule has 2 aromatic rings. The molecule has 0 saturated carbocycles. The fourth-order valence-electron chi connectivity index (χ4n) is 4.36. The number of thiol groups is 2. The van der Waals surface area contributed by atoms with Crippen LogP contribution in [-0.4, -0.2) is 55.2 Å². The van der Waals surface area contributed by atoms with Gasteiger partial charge in [0.1, 0.15) is 5.60 Å². The summed E-state index contributed by atoms with van der Waals surface area (Å²) in [6.07, 6.45) is 0. The summed E-state index contributed by atoms with van der Waals surface area (Å²) < 4.78 is 16.5. The molecular weight excluding hydrogens is 478 g/mol. The minimum absolute atomic E-state index is 0. The van der Waals surface area contributed by atoms with Crippen LogP contribution in [0, 0.1) is 0 Å². The number of nitrogens with zero attached hydrogens (tertiary/aromatic N) is 1. The summed E-state index contributed by atoms with van der Waals surface area (Å²) in [7, 11) is 1.68.